The van der Waals surface area contributed by atoms with Gasteiger partial charge in [0.05, 0.1) is 0 Å². The molecule has 0 N–H and O–H groups in total. The Morgan fingerprint density at radius 1 is 1.07 bits per heavy atom. The van der Waals surface area contributed by atoms with E-state index in [2.05, 4.69) is 11.7 Å². The summed E-state index contributed by atoms with van der Waals surface area (Å²) in [6.07, 6.45) is 8.22. The zero-order valence-electron chi connectivity index (χ0n) is 10.1. The summed E-state index contributed by atoms with van der Waals surface area (Å²) in [5, 5.41) is 0. The van der Waals surface area contributed by atoms with Gasteiger partial charge in [-0.1, -0.05) is 0 Å². The van der Waals surface area contributed by atoms with Crippen molar-refractivity contribution in [2.75, 3.05) is 7.11 Å². The van der Waals surface area contributed by atoms with E-state index < -0.39 is 0 Å². The van der Waals surface area contributed by atoms with Crippen molar-refractivity contribution in [1.82, 2.24) is 0 Å². The number of methoxy groups -OCH3 is 1. The zero-order valence-corrected chi connectivity index (χ0v) is 12.4. The summed E-state index contributed by atoms with van der Waals surface area (Å²) >= 11 is 0.352. The van der Waals surface area contributed by atoms with E-state index in [0.29, 0.717) is 27.3 Å². The number of carbonyl (C=O) groups is 1. The SMILES string of the molecule is CCC[Te]CCCCCCCC(=O)OC. The Bertz CT molecular complexity index is 149. The number of esters is 1. The van der Waals surface area contributed by atoms with Gasteiger partial charge in [0.25, 0.3) is 0 Å². The summed E-state index contributed by atoms with van der Waals surface area (Å²) in [5.41, 5.74) is 0. The van der Waals surface area contributed by atoms with Gasteiger partial charge in [-0.3, -0.25) is 0 Å². The molecule has 0 amide bonds. The molecular weight excluding hydrogens is 304 g/mol. The van der Waals surface area contributed by atoms with Crippen LogP contribution in [0.4, 0.5) is 0 Å². The molecule has 90 valence electrons. The van der Waals surface area contributed by atoms with E-state index in [1.165, 1.54) is 48.2 Å². The number of unbranched alkanes of at least 4 members (excludes halogenated alkanes) is 4. The average Bonchev–Trinajstić information content (AvgIpc) is 2.26. The van der Waals surface area contributed by atoms with E-state index in [-0.39, 0.29) is 5.97 Å². The van der Waals surface area contributed by atoms with Gasteiger partial charge in [-0.2, -0.15) is 0 Å². The standard InChI is InChI=1S/C12H24O2Te/c1-3-10-15-11-8-6-4-5-7-9-12(13)14-2/h3-11H2,1-2H3. The van der Waals surface area contributed by atoms with Crippen LogP contribution in [0.25, 0.3) is 0 Å². The third kappa shape index (κ3) is 12.2. The second-order valence-corrected chi connectivity index (χ2v) is 7.20. The van der Waals surface area contributed by atoms with Crippen LogP contribution in [0.3, 0.4) is 0 Å². The summed E-state index contributed by atoms with van der Waals surface area (Å²) in [4.78, 5) is 10.8. The number of rotatable bonds is 10. The molecule has 0 aliphatic carbocycles. The summed E-state index contributed by atoms with van der Waals surface area (Å²) in [6, 6.07) is 0. The molecule has 15 heavy (non-hydrogen) atoms. The summed E-state index contributed by atoms with van der Waals surface area (Å²) in [7, 11) is 1.46. The molecule has 3 heteroatoms. The second-order valence-electron chi connectivity index (χ2n) is 3.71. The number of hydrogen-bond acceptors (Lipinski definition) is 2. The Morgan fingerprint density at radius 3 is 2.40 bits per heavy atom. The van der Waals surface area contributed by atoms with Crippen LogP contribution >= 0.6 is 0 Å². The Morgan fingerprint density at radius 2 is 1.73 bits per heavy atom. The first-order valence-electron chi connectivity index (χ1n) is 5.95. The Kier molecular flexibility index (Phi) is 12.5. The van der Waals surface area contributed by atoms with Gasteiger partial charge in [-0.05, 0) is 0 Å². The van der Waals surface area contributed by atoms with Gasteiger partial charge in [-0.25, -0.2) is 0 Å². The number of carbonyl (C=O) groups excluding carboxylic acids is 1. The first kappa shape index (κ1) is 15.3. The van der Waals surface area contributed by atoms with E-state index in [1.54, 1.807) is 0 Å². The first-order valence-corrected chi connectivity index (χ1v) is 9.25. The molecule has 0 fully saturated rings. The van der Waals surface area contributed by atoms with Crippen LogP contribution < -0.4 is 0 Å². The molecule has 0 atom stereocenters. The van der Waals surface area contributed by atoms with Gasteiger partial charge in [0.2, 0.25) is 0 Å². The summed E-state index contributed by atoms with van der Waals surface area (Å²) in [6.45, 7) is 2.28. The third-order valence-corrected chi connectivity index (χ3v) is 5.88. The fourth-order valence-electron chi connectivity index (χ4n) is 1.35. The minimum absolute atomic E-state index is 0.0649. The molecule has 0 saturated heterocycles. The molecule has 0 unspecified atom stereocenters. The van der Waals surface area contributed by atoms with Gasteiger partial charge in [0.15, 0.2) is 0 Å². The summed E-state index contributed by atoms with van der Waals surface area (Å²) in [5.74, 6) is -0.0649. The monoisotopic (exact) mass is 330 g/mol. The minimum atomic E-state index is -0.0649. The van der Waals surface area contributed by atoms with Gasteiger partial charge < -0.3 is 0 Å². The van der Waals surface area contributed by atoms with Crippen molar-refractivity contribution in [1.29, 1.82) is 0 Å². The third-order valence-electron chi connectivity index (χ3n) is 2.25. The average molecular weight is 328 g/mol. The predicted octanol–water partition coefficient (Wildman–Crippen LogP) is 3.45. The van der Waals surface area contributed by atoms with E-state index >= 15 is 0 Å². The molecule has 0 spiro atoms. The fourth-order valence-corrected chi connectivity index (χ4v) is 3.92. The molecule has 0 aliphatic heterocycles. The van der Waals surface area contributed by atoms with Crippen LogP contribution in [-0.2, 0) is 9.53 Å². The normalized spacial score (nSPS) is 10.3. The molecule has 0 aromatic rings. The molecule has 0 radical (unpaired) electrons. The topological polar surface area (TPSA) is 26.3 Å². The predicted molar refractivity (Wildman–Crippen MR) is 65.4 cm³/mol. The van der Waals surface area contributed by atoms with Gasteiger partial charge in [0, 0.05) is 0 Å². The van der Waals surface area contributed by atoms with Gasteiger partial charge in [0.1, 0.15) is 0 Å². The molecule has 0 saturated carbocycles. The van der Waals surface area contributed by atoms with E-state index in [4.69, 9.17) is 0 Å². The molecule has 0 aliphatic rings. The van der Waals surface area contributed by atoms with Crippen molar-refractivity contribution in [2.24, 2.45) is 0 Å². The molecular formula is C12H24O2Te. The van der Waals surface area contributed by atoms with Crippen molar-refractivity contribution in [3.63, 3.8) is 0 Å². The van der Waals surface area contributed by atoms with E-state index in [1.807, 2.05) is 0 Å². The fraction of sp³-hybridized carbons (Fsp3) is 0.917. The van der Waals surface area contributed by atoms with Crippen molar-refractivity contribution in [3.05, 3.63) is 0 Å². The summed E-state index contributed by atoms with van der Waals surface area (Å²) < 4.78 is 7.61. The van der Waals surface area contributed by atoms with Crippen molar-refractivity contribution in [2.45, 2.75) is 60.8 Å². The quantitative estimate of drug-likeness (QED) is 0.349. The molecule has 0 bridgehead atoms. The zero-order chi connectivity index (χ0) is 11.4. The van der Waals surface area contributed by atoms with Crippen LogP contribution in [0.1, 0.15) is 51.9 Å². The molecule has 0 heterocycles. The van der Waals surface area contributed by atoms with Crippen LogP contribution in [0.15, 0.2) is 0 Å². The number of ether oxygens (including phenoxy) is 1. The van der Waals surface area contributed by atoms with Crippen molar-refractivity contribution in [3.8, 4) is 0 Å². The van der Waals surface area contributed by atoms with E-state index in [9.17, 15) is 4.79 Å². The van der Waals surface area contributed by atoms with Gasteiger partial charge in [-0.15, -0.1) is 0 Å². The van der Waals surface area contributed by atoms with E-state index in [0.717, 1.165) is 6.42 Å². The maximum atomic E-state index is 10.8. The maximum absolute atomic E-state index is 10.8. The Balaban J connectivity index is 2.95. The Labute approximate surface area is 104 Å². The van der Waals surface area contributed by atoms with Crippen molar-refractivity contribution < 1.29 is 9.53 Å². The first-order chi connectivity index (χ1) is 7.31. The van der Waals surface area contributed by atoms with Crippen LogP contribution in [0.2, 0.25) is 8.94 Å². The number of hydrogen-bond donors (Lipinski definition) is 0. The van der Waals surface area contributed by atoms with Crippen LogP contribution in [-0.4, -0.2) is 34.0 Å². The second kappa shape index (κ2) is 12.3. The molecule has 2 nitrogen and oxygen atoms in total. The molecule has 0 aromatic heterocycles. The van der Waals surface area contributed by atoms with Crippen LogP contribution in [0, 0.1) is 0 Å². The van der Waals surface area contributed by atoms with Crippen molar-refractivity contribution >= 4 is 26.9 Å². The Hall–Kier alpha value is 0.260. The van der Waals surface area contributed by atoms with Crippen LogP contribution in [0.5, 0.6) is 0 Å². The molecule has 0 aromatic carbocycles. The molecule has 0 rings (SSSR count). The van der Waals surface area contributed by atoms with Gasteiger partial charge >= 0.3 is 104 Å².